The van der Waals surface area contributed by atoms with Crippen LogP contribution in [0.1, 0.15) is 26.0 Å². The van der Waals surface area contributed by atoms with E-state index in [4.69, 9.17) is 21.7 Å². The van der Waals surface area contributed by atoms with Crippen LogP contribution in [0.15, 0.2) is 12.5 Å². The van der Waals surface area contributed by atoms with Crippen LogP contribution in [0.2, 0.25) is 0 Å². The van der Waals surface area contributed by atoms with Gasteiger partial charge >= 0.3 is 11.9 Å². The number of rotatable bonds is 6. The number of H-pyrrole nitrogens is 1. The third-order valence-electron chi connectivity index (χ3n) is 2.85. The molecule has 114 valence electrons. The monoisotopic (exact) mass is 286 g/mol. The van der Waals surface area contributed by atoms with Gasteiger partial charge in [-0.05, 0) is 5.92 Å². The lowest BCUT2D eigenvalue weighted by molar-refractivity contribution is -0.140. The van der Waals surface area contributed by atoms with Crippen LogP contribution in [0.5, 0.6) is 0 Å². The molecule has 0 bridgehead atoms. The molecule has 20 heavy (non-hydrogen) atoms. The summed E-state index contributed by atoms with van der Waals surface area (Å²) < 4.78 is 0. The highest BCUT2D eigenvalue weighted by Crippen LogP contribution is 2.04. The molecule has 1 rings (SSSR count). The van der Waals surface area contributed by atoms with Crippen molar-refractivity contribution in [1.82, 2.24) is 9.97 Å². The van der Waals surface area contributed by atoms with Crippen LogP contribution in [0.25, 0.3) is 0 Å². The molecular weight excluding hydrogens is 264 g/mol. The van der Waals surface area contributed by atoms with Gasteiger partial charge in [-0.15, -0.1) is 0 Å². The molecular formula is C12H22N4O4. The molecule has 1 heterocycles. The first-order valence-corrected chi connectivity index (χ1v) is 6.23. The molecule has 0 radical (unpaired) electrons. The van der Waals surface area contributed by atoms with Crippen LogP contribution >= 0.6 is 0 Å². The molecule has 0 amide bonds. The Bertz CT molecular complexity index is 408. The number of hydrogen-bond acceptors (Lipinski definition) is 5. The molecule has 0 fully saturated rings. The summed E-state index contributed by atoms with van der Waals surface area (Å²) in [5, 5.41) is 16.8. The molecule has 1 aromatic heterocycles. The number of carboxylic acids is 2. The Morgan fingerprint density at radius 1 is 1.35 bits per heavy atom. The highest BCUT2D eigenvalue weighted by molar-refractivity contribution is 5.73. The number of aromatic nitrogens is 2. The van der Waals surface area contributed by atoms with Crippen molar-refractivity contribution in [2.75, 3.05) is 0 Å². The number of aromatic amines is 1. The first-order valence-electron chi connectivity index (χ1n) is 6.23. The van der Waals surface area contributed by atoms with E-state index in [0.717, 1.165) is 12.1 Å². The van der Waals surface area contributed by atoms with Gasteiger partial charge in [0.15, 0.2) is 0 Å². The van der Waals surface area contributed by atoms with Gasteiger partial charge in [0.2, 0.25) is 0 Å². The van der Waals surface area contributed by atoms with E-state index in [1.165, 1.54) is 6.33 Å². The van der Waals surface area contributed by atoms with E-state index in [-0.39, 0.29) is 12.3 Å². The number of carboxylic acid groups (broad SMARTS) is 2. The Kier molecular flexibility index (Phi) is 8.18. The van der Waals surface area contributed by atoms with Gasteiger partial charge < -0.3 is 26.7 Å². The minimum Gasteiger partial charge on any atom is -0.480 e. The minimum atomic E-state index is -1.00. The third-order valence-corrected chi connectivity index (χ3v) is 2.85. The first-order chi connectivity index (χ1) is 9.29. The minimum absolute atomic E-state index is 0.0718. The largest absolute Gasteiger partial charge is 0.480 e. The van der Waals surface area contributed by atoms with E-state index in [1.54, 1.807) is 6.20 Å². The Morgan fingerprint density at radius 2 is 1.95 bits per heavy atom. The molecule has 7 N–H and O–H groups in total. The molecule has 8 nitrogen and oxygen atoms in total. The smallest absolute Gasteiger partial charge is 0.320 e. The van der Waals surface area contributed by atoms with Gasteiger partial charge in [0.1, 0.15) is 12.1 Å². The summed E-state index contributed by atoms with van der Waals surface area (Å²) in [7, 11) is 0. The van der Waals surface area contributed by atoms with Crippen LogP contribution in [0.3, 0.4) is 0 Å². The summed E-state index contributed by atoms with van der Waals surface area (Å²) in [5.74, 6) is -1.84. The van der Waals surface area contributed by atoms with Gasteiger partial charge in [0.05, 0.1) is 6.33 Å². The van der Waals surface area contributed by atoms with Crippen molar-refractivity contribution in [3.63, 3.8) is 0 Å². The molecule has 0 aromatic carbocycles. The molecule has 0 saturated heterocycles. The number of carbonyl (C=O) groups is 2. The normalized spacial score (nSPS) is 14.6. The average molecular weight is 286 g/mol. The second-order valence-electron chi connectivity index (χ2n) is 4.48. The lowest BCUT2D eigenvalue weighted by Gasteiger charge is -2.11. The predicted octanol–water partition coefficient (Wildman–Crippen LogP) is -0.191. The zero-order valence-corrected chi connectivity index (χ0v) is 11.6. The van der Waals surface area contributed by atoms with Crippen molar-refractivity contribution in [2.24, 2.45) is 17.4 Å². The number of nitrogens with two attached hydrogens (primary N) is 2. The van der Waals surface area contributed by atoms with Gasteiger partial charge in [0.25, 0.3) is 0 Å². The number of imidazole rings is 1. The van der Waals surface area contributed by atoms with E-state index >= 15 is 0 Å². The number of hydrogen-bond donors (Lipinski definition) is 5. The maximum Gasteiger partial charge on any atom is 0.320 e. The van der Waals surface area contributed by atoms with Crippen molar-refractivity contribution in [1.29, 1.82) is 0 Å². The van der Waals surface area contributed by atoms with Crippen molar-refractivity contribution in [3.05, 3.63) is 18.2 Å². The average Bonchev–Trinajstić information content (AvgIpc) is 2.90. The number of aliphatic carboxylic acids is 2. The molecule has 0 saturated carbocycles. The summed E-state index contributed by atoms with van der Waals surface area (Å²) in [5.41, 5.74) is 11.3. The lowest BCUT2D eigenvalue weighted by Crippen LogP contribution is -2.36. The Hall–Kier alpha value is -1.93. The summed E-state index contributed by atoms with van der Waals surface area (Å²) in [6, 6.07) is -1.55. The van der Waals surface area contributed by atoms with Crippen molar-refractivity contribution in [2.45, 2.75) is 38.8 Å². The molecule has 1 aromatic rings. The topological polar surface area (TPSA) is 155 Å². The number of nitrogens with one attached hydrogen (secondary N) is 1. The highest BCUT2D eigenvalue weighted by atomic mass is 16.4. The zero-order valence-electron chi connectivity index (χ0n) is 11.6. The summed E-state index contributed by atoms with van der Waals surface area (Å²) >= 11 is 0. The van der Waals surface area contributed by atoms with Gasteiger partial charge in [-0.1, -0.05) is 20.3 Å². The quantitative estimate of drug-likeness (QED) is 0.485. The lowest BCUT2D eigenvalue weighted by atomic mass is 10.0. The van der Waals surface area contributed by atoms with Gasteiger partial charge in [-0.3, -0.25) is 9.59 Å². The van der Waals surface area contributed by atoms with Crippen molar-refractivity contribution in [3.8, 4) is 0 Å². The summed E-state index contributed by atoms with van der Waals surface area (Å²) in [6.07, 6.45) is 4.15. The molecule has 3 atom stereocenters. The molecule has 0 spiro atoms. The highest BCUT2D eigenvalue weighted by Gasteiger charge is 2.17. The Morgan fingerprint density at radius 3 is 2.25 bits per heavy atom. The van der Waals surface area contributed by atoms with Crippen molar-refractivity contribution < 1.29 is 19.8 Å². The SMILES string of the molecule is CCC(C)[C@H](N)C(=O)O.N[C@@H](Cc1cnc[nH]1)C(=O)O. The standard InChI is InChI=1S/C6H9N3O2.C6H13NO2/c7-5(6(10)11)1-4-2-8-3-9-4;1-3-4(2)5(7)6(8)9/h2-3,5H,1,7H2,(H,8,9)(H,10,11);4-5H,3,7H2,1-2H3,(H,8,9)/t5-;4?,5-/m00/s1. The second-order valence-corrected chi connectivity index (χ2v) is 4.48. The third kappa shape index (κ3) is 6.86. The van der Waals surface area contributed by atoms with Gasteiger partial charge in [-0.25, -0.2) is 4.98 Å². The fraction of sp³-hybridized carbons (Fsp3) is 0.583. The molecule has 0 aliphatic carbocycles. The zero-order chi connectivity index (χ0) is 15.7. The first kappa shape index (κ1) is 18.1. The molecule has 0 aliphatic rings. The fourth-order valence-electron chi connectivity index (χ4n) is 1.22. The summed E-state index contributed by atoms with van der Waals surface area (Å²) in [4.78, 5) is 26.9. The van der Waals surface area contributed by atoms with Crippen LogP contribution < -0.4 is 11.5 Å². The predicted molar refractivity (Wildman–Crippen MR) is 73.0 cm³/mol. The maximum atomic E-state index is 10.3. The molecule has 1 unspecified atom stereocenters. The fourth-order valence-corrected chi connectivity index (χ4v) is 1.22. The van der Waals surface area contributed by atoms with Crippen LogP contribution in [-0.4, -0.2) is 44.2 Å². The number of nitrogens with zero attached hydrogens (tertiary/aromatic N) is 1. The summed E-state index contributed by atoms with van der Waals surface area (Å²) in [6.45, 7) is 3.76. The van der Waals surface area contributed by atoms with E-state index in [2.05, 4.69) is 9.97 Å². The van der Waals surface area contributed by atoms with E-state index < -0.39 is 24.0 Å². The van der Waals surface area contributed by atoms with Crippen LogP contribution in [-0.2, 0) is 16.0 Å². The van der Waals surface area contributed by atoms with E-state index in [1.807, 2.05) is 13.8 Å². The van der Waals surface area contributed by atoms with Crippen molar-refractivity contribution >= 4 is 11.9 Å². The second kappa shape index (κ2) is 9.05. The van der Waals surface area contributed by atoms with Crippen LogP contribution in [0, 0.1) is 5.92 Å². The van der Waals surface area contributed by atoms with Gasteiger partial charge in [-0.2, -0.15) is 0 Å². The Balaban J connectivity index is 0.000000370. The van der Waals surface area contributed by atoms with E-state index in [0.29, 0.717) is 0 Å². The molecule has 0 aliphatic heterocycles. The Labute approximate surface area is 117 Å². The van der Waals surface area contributed by atoms with E-state index in [9.17, 15) is 9.59 Å². The maximum absolute atomic E-state index is 10.3. The van der Waals surface area contributed by atoms with Crippen LogP contribution in [0.4, 0.5) is 0 Å². The molecule has 8 heteroatoms. The van der Waals surface area contributed by atoms with Gasteiger partial charge in [0, 0.05) is 18.3 Å².